The van der Waals surface area contributed by atoms with E-state index in [1.54, 1.807) is 12.1 Å². The Morgan fingerprint density at radius 1 is 0.970 bits per heavy atom. The minimum atomic E-state index is -0.271. The van der Waals surface area contributed by atoms with Crippen LogP contribution in [0.1, 0.15) is 31.7 Å². The molecule has 6 heteroatoms. The fourth-order valence-electron chi connectivity index (χ4n) is 3.93. The minimum Gasteiger partial charge on any atom is -0.492 e. The highest BCUT2D eigenvalue weighted by Gasteiger charge is 2.15. The zero-order chi connectivity index (χ0) is 23.0. The maximum Gasteiger partial charge on any atom is 0.141 e. The average Bonchev–Trinajstić information content (AvgIpc) is 3.19. The van der Waals surface area contributed by atoms with Crippen molar-refractivity contribution in [2.45, 2.75) is 32.7 Å². The van der Waals surface area contributed by atoms with Gasteiger partial charge in [0.25, 0.3) is 0 Å². The van der Waals surface area contributed by atoms with Crippen LogP contribution in [0.4, 0.5) is 10.1 Å². The lowest BCUT2D eigenvalue weighted by Gasteiger charge is -2.12. The third kappa shape index (κ3) is 5.71. The molecule has 0 saturated heterocycles. The summed E-state index contributed by atoms with van der Waals surface area (Å²) in [4.78, 5) is 4.79. The van der Waals surface area contributed by atoms with Crippen LogP contribution in [0.15, 0.2) is 66.7 Å². The van der Waals surface area contributed by atoms with Gasteiger partial charge < -0.3 is 20.4 Å². The van der Waals surface area contributed by atoms with Crippen molar-refractivity contribution in [1.29, 1.82) is 0 Å². The van der Waals surface area contributed by atoms with E-state index in [1.165, 1.54) is 31.4 Å². The van der Waals surface area contributed by atoms with Gasteiger partial charge in [-0.05, 0) is 67.1 Å². The standard InChI is InChI=1S/C27H31FN4O/c1-2-3-4-16-30-17-18-33-23-14-8-20(9-15-23)19-32-26-24(29)6-5-7-25(26)31-27(32)21-10-12-22(28)13-11-21/h5-15,30H,2-4,16-19,29H2,1H3. The van der Waals surface area contributed by atoms with Crippen LogP contribution >= 0.6 is 0 Å². The van der Waals surface area contributed by atoms with Gasteiger partial charge in [0.1, 0.15) is 24.0 Å². The second-order valence-electron chi connectivity index (χ2n) is 8.19. The monoisotopic (exact) mass is 446 g/mol. The lowest BCUT2D eigenvalue weighted by Crippen LogP contribution is -2.22. The molecule has 0 amide bonds. The highest BCUT2D eigenvalue weighted by molar-refractivity contribution is 5.90. The first kappa shape index (κ1) is 22.8. The Hall–Kier alpha value is -3.38. The van der Waals surface area contributed by atoms with Crippen LogP contribution < -0.4 is 15.8 Å². The zero-order valence-corrected chi connectivity index (χ0v) is 19.1. The lowest BCUT2D eigenvalue weighted by molar-refractivity contribution is 0.313. The van der Waals surface area contributed by atoms with Crippen LogP contribution in [0.2, 0.25) is 0 Å². The molecule has 1 heterocycles. The molecule has 0 unspecified atom stereocenters. The summed E-state index contributed by atoms with van der Waals surface area (Å²) in [5.74, 6) is 1.34. The number of aromatic nitrogens is 2. The smallest absolute Gasteiger partial charge is 0.141 e. The molecule has 33 heavy (non-hydrogen) atoms. The second kappa shape index (κ2) is 11.0. The molecule has 172 valence electrons. The number of nitrogens with one attached hydrogen (secondary N) is 1. The van der Waals surface area contributed by atoms with Crippen LogP contribution in [-0.2, 0) is 6.54 Å². The number of fused-ring (bicyclic) bond motifs is 1. The second-order valence-corrected chi connectivity index (χ2v) is 8.19. The number of ether oxygens (including phenoxy) is 1. The molecular formula is C27H31FN4O. The molecule has 0 bridgehead atoms. The summed E-state index contributed by atoms with van der Waals surface area (Å²) in [5.41, 5.74) is 10.6. The van der Waals surface area contributed by atoms with Gasteiger partial charge in [-0.1, -0.05) is 38.0 Å². The van der Waals surface area contributed by atoms with Gasteiger partial charge in [0.2, 0.25) is 0 Å². The summed E-state index contributed by atoms with van der Waals surface area (Å²) >= 11 is 0. The third-order valence-electron chi connectivity index (χ3n) is 5.67. The number of benzene rings is 3. The number of nitrogens with two attached hydrogens (primary N) is 1. The Kier molecular flexibility index (Phi) is 7.58. The zero-order valence-electron chi connectivity index (χ0n) is 19.1. The largest absolute Gasteiger partial charge is 0.492 e. The summed E-state index contributed by atoms with van der Waals surface area (Å²) in [6.07, 6.45) is 3.70. The molecule has 0 fully saturated rings. The number of hydrogen-bond acceptors (Lipinski definition) is 4. The maximum absolute atomic E-state index is 13.5. The fourth-order valence-corrected chi connectivity index (χ4v) is 3.93. The maximum atomic E-state index is 13.5. The van der Waals surface area contributed by atoms with Crippen molar-refractivity contribution in [3.05, 3.63) is 78.1 Å². The van der Waals surface area contributed by atoms with Crippen LogP contribution in [0.25, 0.3) is 22.4 Å². The molecule has 0 saturated carbocycles. The summed E-state index contributed by atoms with van der Waals surface area (Å²) in [5, 5.41) is 3.41. The molecule has 0 spiro atoms. The number of para-hydroxylation sites is 1. The van der Waals surface area contributed by atoms with Crippen LogP contribution in [-0.4, -0.2) is 29.2 Å². The van der Waals surface area contributed by atoms with Crippen LogP contribution in [0.5, 0.6) is 5.75 Å². The third-order valence-corrected chi connectivity index (χ3v) is 5.67. The van der Waals surface area contributed by atoms with Crippen molar-refractivity contribution < 1.29 is 9.13 Å². The number of halogens is 1. The van der Waals surface area contributed by atoms with Gasteiger partial charge in [-0.3, -0.25) is 0 Å². The highest BCUT2D eigenvalue weighted by atomic mass is 19.1. The predicted molar refractivity (Wildman–Crippen MR) is 133 cm³/mol. The van der Waals surface area contributed by atoms with Crippen LogP contribution in [0.3, 0.4) is 0 Å². The number of rotatable bonds is 11. The van der Waals surface area contributed by atoms with E-state index in [0.717, 1.165) is 46.8 Å². The molecule has 5 nitrogen and oxygen atoms in total. The van der Waals surface area contributed by atoms with E-state index >= 15 is 0 Å². The number of anilines is 1. The number of imidazole rings is 1. The predicted octanol–water partition coefficient (Wildman–Crippen LogP) is 5.63. The first-order valence-electron chi connectivity index (χ1n) is 11.6. The fraction of sp³-hybridized carbons (Fsp3) is 0.296. The number of hydrogen-bond donors (Lipinski definition) is 2. The van der Waals surface area contributed by atoms with Gasteiger partial charge in [0, 0.05) is 18.7 Å². The van der Waals surface area contributed by atoms with E-state index in [-0.39, 0.29) is 5.82 Å². The van der Waals surface area contributed by atoms with Gasteiger partial charge in [-0.15, -0.1) is 0 Å². The Morgan fingerprint density at radius 3 is 2.52 bits per heavy atom. The number of unbranched alkanes of at least 4 members (excludes halogenated alkanes) is 2. The van der Waals surface area contributed by atoms with Crippen molar-refractivity contribution in [1.82, 2.24) is 14.9 Å². The van der Waals surface area contributed by atoms with Gasteiger partial charge in [0.05, 0.1) is 16.7 Å². The molecule has 0 aliphatic carbocycles. The Balaban J connectivity index is 1.48. The molecule has 3 aromatic carbocycles. The molecular weight excluding hydrogens is 415 g/mol. The van der Waals surface area contributed by atoms with Gasteiger partial charge in [-0.2, -0.15) is 0 Å². The van der Waals surface area contributed by atoms with E-state index in [4.69, 9.17) is 15.5 Å². The minimum absolute atomic E-state index is 0.271. The lowest BCUT2D eigenvalue weighted by atomic mass is 10.1. The molecule has 0 aliphatic rings. The molecule has 0 radical (unpaired) electrons. The highest BCUT2D eigenvalue weighted by Crippen LogP contribution is 2.29. The van der Waals surface area contributed by atoms with E-state index < -0.39 is 0 Å². The summed E-state index contributed by atoms with van der Waals surface area (Å²) < 4.78 is 21.4. The first-order valence-corrected chi connectivity index (χ1v) is 11.6. The van der Waals surface area contributed by atoms with Crippen molar-refractivity contribution in [2.75, 3.05) is 25.4 Å². The number of nitrogen functional groups attached to an aromatic ring is 1. The van der Waals surface area contributed by atoms with Crippen molar-refractivity contribution >= 4 is 16.7 Å². The van der Waals surface area contributed by atoms with E-state index in [2.05, 4.69) is 28.9 Å². The van der Waals surface area contributed by atoms with E-state index in [9.17, 15) is 4.39 Å². The first-order chi connectivity index (χ1) is 16.2. The average molecular weight is 447 g/mol. The molecule has 4 aromatic rings. The molecule has 1 aromatic heterocycles. The number of nitrogens with zero attached hydrogens (tertiary/aromatic N) is 2. The van der Waals surface area contributed by atoms with Crippen molar-refractivity contribution in [2.24, 2.45) is 0 Å². The quantitative estimate of drug-likeness (QED) is 0.231. The van der Waals surface area contributed by atoms with E-state index in [1.807, 2.05) is 30.3 Å². The molecule has 0 atom stereocenters. The summed E-state index contributed by atoms with van der Waals surface area (Å²) in [6, 6.07) is 20.2. The van der Waals surface area contributed by atoms with Crippen LogP contribution in [0, 0.1) is 5.82 Å². The van der Waals surface area contributed by atoms with E-state index in [0.29, 0.717) is 18.8 Å². The normalized spacial score (nSPS) is 11.2. The van der Waals surface area contributed by atoms with Gasteiger partial charge in [-0.25, -0.2) is 9.37 Å². The Morgan fingerprint density at radius 2 is 1.76 bits per heavy atom. The SMILES string of the molecule is CCCCCNCCOc1ccc(Cn2c(-c3ccc(F)cc3)nc3cccc(N)c32)cc1. The summed E-state index contributed by atoms with van der Waals surface area (Å²) in [6.45, 7) is 5.32. The molecule has 4 rings (SSSR count). The topological polar surface area (TPSA) is 65.1 Å². The Bertz CT molecular complexity index is 1170. The summed E-state index contributed by atoms with van der Waals surface area (Å²) in [7, 11) is 0. The van der Waals surface area contributed by atoms with Crippen molar-refractivity contribution in [3.63, 3.8) is 0 Å². The van der Waals surface area contributed by atoms with Gasteiger partial charge >= 0.3 is 0 Å². The molecule has 3 N–H and O–H groups in total. The molecule has 0 aliphatic heterocycles. The van der Waals surface area contributed by atoms with Crippen molar-refractivity contribution in [3.8, 4) is 17.1 Å². The van der Waals surface area contributed by atoms with Gasteiger partial charge in [0.15, 0.2) is 0 Å². The Labute approximate surface area is 194 Å².